The van der Waals surface area contributed by atoms with Crippen LogP contribution in [-0.2, 0) is 9.59 Å². The van der Waals surface area contributed by atoms with Crippen LogP contribution in [0.1, 0.15) is 34.1 Å². The maximum absolute atomic E-state index is 13.8. The average molecular weight is 547 g/mol. The third-order valence-electron chi connectivity index (χ3n) is 7.49. The molecular formula is C38H30N2O2. The third kappa shape index (κ3) is 5.70. The van der Waals surface area contributed by atoms with Gasteiger partial charge in [-0.15, -0.1) is 0 Å². The van der Waals surface area contributed by atoms with Crippen LogP contribution in [0.4, 0.5) is 11.4 Å². The van der Waals surface area contributed by atoms with Crippen LogP contribution in [0.3, 0.4) is 0 Å². The Kier molecular flexibility index (Phi) is 7.87. The Morgan fingerprint density at radius 3 is 0.929 bits per heavy atom. The number of carbonyl (C=O) groups is 2. The van der Waals surface area contributed by atoms with Crippen molar-refractivity contribution in [3.8, 4) is 0 Å². The maximum Gasteiger partial charge on any atom is 0.236 e. The SMILES string of the molecule is O=C(Nc1cccc2c(NC(=O)C(c3ccccc3)c3ccccc3)cccc12)C(c1ccccc1)c1ccccc1. The summed E-state index contributed by atoms with van der Waals surface area (Å²) in [7, 11) is 0. The largest absolute Gasteiger partial charge is 0.325 e. The molecule has 0 saturated carbocycles. The molecular weight excluding hydrogens is 516 g/mol. The van der Waals surface area contributed by atoms with E-state index in [1.165, 1.54) is 0 Å². The fourth-order valence-electron chi connectivity index (χ4n) is 5.51. The van der Waals surface area contributed by atoms with Gasteiger partial charge in [0.05, 0.1) is 11.8 Å². The van der Waals surface area contributed by atoms with E-state index in [0.29, 0.717) is 11.4 Å². The molecule has 6 rings (SSSR count). The van der Waals surface area contributed by atoms with Gasteiger partial charge in [0.25, 0.3) is 0 Å². The summed E-state index contributed by atoms with van der Waals surface area (Å²) in [5.74, 6) is -1.18. The summed E-state index contributed by atoms with van der Waals surface area (Å²) in [4.78, 5) is 27.7. The normalized spacial score (nSPS) is 11.0. The first-order valence-corrected chi connectivity index (χ1v) is 14.0. The van der Waals surface area contributed by atoms with E-state index in [-0.39, 0.29) is 11.8 Å². The summed E-state index contributed by atoms with van der Waals surface area (Å²) in [5.41, 5.74) is 5.05. The lowest BCUT2D eigenvalue weighted by molar-refractivity contribution is -0.117. The molecule has 2 amide bonds. The van der Waals surface area contributed by atoms with Crippen molar-refractivity contribution >= 4 is 34.0 Å². The molecule has 0 aliphatic carbocycles. The molecule has 0 heterocycles. The van der Waals surface area contributed by atoms with E-state index < -0.39 is 11.8 Å². The van der Waals surface area contributed by atoms with Crippen molar-refractivity contribution in [2.75, 3.05) is 10.6 Å². The summed E-state index contributed by atoms with van der Waals surface area (Å²) in [6.07, 6.45) is 0. The van der Waals surface area contributed by atoms with E-state index in [4.69, 9.17) is 0 Å². The van der Waals surface area contributed by atoms with Gasteiger partial charge in [-0.05, 0) is 34.4 Å². The molecule has 0 spiro atoms. The van der Waals surface area contributed by atoms with Gasteiger partial charge in [-0.1, -0.05) is 146 Å². The molecule has 4 heteroatoms. The van der Waals surface area contributed by atoms with Gasteiger partial charge in [-0.2, -0.15) is 0 Å². The van der Waals surface area contributed by atoms with E-state index in [2.05, 4.69) is 10.6 Å². The molecule has 204 valence electrons. The predicted molar refractivity (Wildman–Crippen MR) is 171 cm³/mol. The summed E-state index contributed by atoms with van der Waals surface area (Å²) < 4.78 is 0. The Morgan fingerprint density at radius 1 is 0.357 bits per heavy atom. The van der Waals surface area contributed by atoms with Gasteiger partial charge in [-0.3, -0.25) is 9.59 Å². The molecule has 0 radical (unpaired) electrons. The van der Waals surface area contributed by atoms with Gasteiger partial charge in [0, 0.05) is 22.1 Å². The smallest absolute Gasteiger partial charge is 0.236 e. The second kappa shape index (κ2) is 12.4. The number of amides is 2. The zero-order chi connectivity index (χ0) is 28.7. The van der Waals surface area contributed by atoms with Crippen LogP contribution in [0.15, 0.2) is 158 Å². The molecule has 0 aliphatic heterocycles. The molecule has 0 unspecified atom stereocenters. The van der Waals surface area contributed by atoms with Crippen molar-refractivity contribution in [1.82, 2.24) is 0 Å². The number of hydrogen-bond acceptors (Lipinski definition) is 2. The summed E-state index contributed by atoms with van der Waals surface area (Å²) in [6, 6.07) is 50.7. The highest BCUT2D eigenvalue weighted by molar-refractivity contribution is 6.11. The molecule has 2 N–H and O–H groups in total. The van der Waals surface area contributed by atoms with Gasteiger partial charge in [0.2, 0.25) is 11.8 Å². The van der Waals surface area contributed by atoms with Gasteiger partial charge in [0.15, 0.2) is 0 Å². The van der Waals surface area contributed by atoms with Crippen molar-refractivity contribution in [1.29, 1.82) is 0 Å². The Bertz CT molecular complexity index is 1590. The second-order valence-corrected chi connectivity index (χ2v) is 10.2. The molecule has 0 aliphatic rings. The summed E-state index contributed by atoms with van der Waals surface area (Å²) >= 11 is 0. The molecule has 6 aromatic carbocycles. The minimum Gasteiger partial charge on any atom is -0.325 e. The highest BCUT2D eigenvalue weighted by atomic mass is 16.2. The Hall–Kier alpha value is -5.48. The summed E-state index contributed by atoms with van der Waals surface area (Å²) in [5, 5.41) is 8.06. The summed E-state index contributed by atoms with van der Waals surface area (Å²) in [6.45, 7) is 0. The Balaban J connectivity index is 1.32. The number of rotatable bonds is 8. The standard InChI is InChI=1S/C38H30N2O2/c41-37(35(27-15-5-1-6-16-27)28-17-7-2-8-18-28)39-33-25-13-24-32-31(33)23-14-26-34(32)40-38(42)36(29-19-9-3-10-20-29)30-21-11-4-12-22-30/h1-26,35-36H,(H,39,41)(H,40,42). The number of fused-ring (bicyclic) bond motifs is 1. The molecule has 42 heavy (non-hydrogen) atoms. The van der Waals surface area contributed by atoms with E-state index in [1.807, 2.05) is 158 Å². The Morgan fingerprint density at radius 2 is 0.643 bits per heavy atom. The van der Waals surface area contributed by atoms with E-state index in [0.717, 1.165) is 33.0 Å². The van der Waals surface area contributed by atoms with Gasteiger partial charge in [-0.25, -0.2) is 0 Å². The molecule has 0 saturated heterocycles. The van der Waals surface area contributed by atoms with E-state index in [1.54, 1.807) is 0 Å². The number of nitrogens with one attached hydrogen (secondary N) is 2. The Labute approximate surface area is 245 Å². The van der Waals surface area contributed by atoms with Crippen molar-refractivity contribution < 1.29 is 9.59 Å². The van der Waals surface area contributed by atoms with Crippen LogP contribution in [0, 0.1) is 0 Å². The average Bonchev–Trinajstić information content (AvgIpc) is 3.04. The number of carbonyl (C=O) groups excluding carboxylic acids is 2. The van der Waals surface area contributed by atoms with Crippen LogP contribution < -0.4 is 10.6 Å². The minimum absolute atomic E-state index is 0.123. The van der Waals surface area contributed by atoms with Crippen LogP contribution in [0.25, 0.3) is 10.8 Å². The van der Waals surface area contributed by atoms with Crippen molar-refractivity contribution in [3.63, 3.8) is 0 Å². The second-order valence-electron chi connectivity index (χ2n) is 10.2. The van der Waals surface area contributed by atoms with Crippen LogP contribution in [-0.4, -0.2) is 11.8 Å². The highest BCUT2D eigenvalue weighted by Crippen LogP contribution is 2.33. The van der Waals surface area contributed by atoms with Gasteiger partial charge in [0.1, 0.15) is 0 Å². The molecule has 0 aromatic heterocycles. The van der Waals surface area contributed by atoms with E-state index in [9.17, 15) is 9.59 Å². The van der Waals surface area contributed by atoms with E-state index >= 15 is 0 Å². The van der Waals surface area contributed by atoms with Crippen molar-refractivity contribution in [2.45, 2.75) is 11.8 Å². The number of hydrogen-bond donors (Lipinski definition) is 2. The molecule has 4 nitrogen and oxygen atoms in total. The molecule has 6 aromatic rings. The van der Waals surface area contributed by atoms with Gasteiger partial charge >= 0.3 is 0 Å². The number of anilines is 2. The number of benzene rings is 6. The first kappa shape index (κ1) is 26.7. The zero-order valence-corrected chi connectivity index (χ0v) is 23.0. The predicted octanol–water partition coefficient (Wildman–Crippen LogP) is 8.38. The first-order chi connectivity index (χ1) is 20.7. The fraction of sp³-hybridized carbons (Fsp3) is 0.0526. The monoisotopic (exact) mass is 546 g/mol. The van der Waals surface area contributed by atoms with Crippen molar-refractivity contribution in [2.24, 2.45) is 0 Å². The third-order valence-corrected chi connectivity index (χ3v) is 7.49. The lowest BCUT2D eigenvalue weighted by Gasteiger charge is -2.20. The minimum atomic E-state index is -0.469. The fourth-order valence-corrected chi connectivity index (χ4v) is 5.51. The highest BCUT2D eigenvalue weighted by Gasteiger charge is 2.25. The first-order valence-electron chi connectivity index (χ1n) is 14.0. The lowest BCUT2D eigenvalue weighted by atomic mass is 9.90. The quantitative estimate of drug-likeness (QED) is 0.201. The van der Waals surface area contributed by atoms with Crippen LogP contribution in [0.2, 0.25) is 0 Å². The molecule has 0 atom stereocenters. The van der Waals surface area contributed by atoms with Crippen molar-refractivity contribution in [3.05, 3.63) is 180 Å². The molecule has 0 fully saturated rings. The maximum atomic E-state index is 13.8. The molecule has 0 bridgehead atoms. The lowest BCUT2D eigenvalue weighted by Crippen LogP contribution is -2.23. The van der Waals surface area contributed by atoms with Crippen LogP contribution >= 0.6 is 0 Å². The topological polar surface area (TPSA) is 58.2 Å². The van der Waals surface area contributed by atoms with Gasteiger partial charge < -0.3 is 10.6 Å². The zero-order valence-electron chi connectivity index (χ0n) is 23.0. The van der Waals surface area contributed by atoms with Crippen LogP contribution in [0.5, 0.6) is 0 Å².